The highest BCUT2D eigenvalue weighted by Crippen LogP contribution is 2.48. The second kappa shape index (κ2) is 18.0. The molecule has 9 unspecified atom stereocenters. The Kier molecular flexibility index (Phi) is 13.7. The predicted octanol–water partition coefficient (Wildman–Crippen LogP) is 3.23. The van der Waals surface area contributed by atoms with E-state index in [1.165, 1.54) is 59.4 Å². The molecular formula is C43H56N4O12. The van der Waals surface area contributed by atoms with Crippen molar-refractivity contribution in [1.29, 1.82) is 0 Å². The van der Waals surface area contributed by atoms with E-state index in [4.69, 9.17) is 18.9 Å². The number of aliphatic hydroxyl groups is 2. The molecule has 0 spiro atoms. The number of esters is 1. The van der Waals surface area contributed by atoms with Gasteiger partial charge in [-0.25, -0.2) is 0 Å². The number of ether oxygens (including phenoxy) is 4. The van der Waals surface area contributed by atoms with Crippen molar-refractivity contribution in [1.82, 2.24) is 15.2 Å². The molecule has 0 aromatic heterocycles. The van der Waals surface area contributed by atoms with Gasteiger partial charge in [-0.2, -0.15) is 5.10 Å². The van der Waals surface area contributed by atoms with Crippen LogP contribution in [0.4, 0.5) is 0 Å². The second-order valence-corrected chi connectivity index (χ2v) is 16.1. The van der Waals surface area contributed by atoms with Crippen LogP contribution in [0.3, 0.4) is 0 Å². The van der Waals surface area contributed by atoms with Crippen LogP contribution in [-0.2, 0) is 23.8 Å². The van der Waals surface area contributed by atoms with Gasteiger partial charge >= 0.3 is 11.8 Å². The maximum atomic E-state index is 14.6. The van der Waals surface area contributed by atoms with Crippen LogP contribution in [0.15, 0.2) is 52.5 Å². The largest absolute Gasteiger partial charge is 0.507 e. The Labute approximate surface area is 344 Å². The summed E-state index contributed by atoms with van der Waals surface area (Å²) in [7, 11) is 3.39. The van der Waals surface area contributed by atoms with Crippen molar-refractivity contribution in [2.24, 2.45) is 28.8 Å². The molecule has 59 heavy (non-hydrogen) atoms. The molecule has 1 fully saturated rings. The number of carbonyl (C=O) groups is 5. The Hall–Kier alpha value is -5.16. The van der Waals surface area contributed by atoms with Crippen molar-refractivity contribution in [3.63, 3.8) is 0 Å². The maximum Gasteiger partial charge on any atom is 0.312 e. The van der Waals surface area contributed by atoms with Crippen molar-refractivity contribution < 1.29 is 58.2 Å². The van der Waals surface area contributed by atoms with E-state index >= 15 is 0 Å². The smallest absolute Gasteiger partial charge is 0.312 e. The fourth-order valence-corrected chi connectivity index (χ4v) is 7.89. The molecule has 0 radical (unpaired) electrons. The molecule has 1 aliphatic carbocycles. The van der Waals surface area contributed by atoms with E-state index in [1.54, 1.807) is 44.9 Å². The van der Waals surface area contributed by atoms with Gasteiger partial charge in [-0.05, 0) is 27.0 Å². The van der Waals surface area contributed by atoms with Crippen LogP contribution in [0.25, 0.3) is 0 Å². The summed E-state index contributed by atoms with van der Waals surface area (Å²) in [5.41, 5.74) is -1.82. The summed E-state index contributed by atoms with van der Waals surface area (Å²) in [6.07, 6.45) is 4.56. The summed E-state index contributed by atoms with van der Waals surface area (Å²) >= 11 is 0. The van der Waals surface area contributed by atoms with Crippen molar-refractivity contribution in [3.8, 4) is 11.5 Å². The Balaban J connectivity index is 1.66. The molecule has 1 aromatic carbocycles. The lowest BCUT2D eigenvalue weighted by Gasteiger charge is -2.38. The summed E-state index contributed by atoms with van der Waals surface area (Å²) in [5.74, 6) is -9.34. The molecule has 9 atom stereocenters. The average Bonchev–Trinajstić information content (AvgIpc) is 3.46. The Morgan fingerprint density at radius 1 is 0.949 bits per heavy atom. The highest BCUT2D eigenvalue weighted by molar-refractivity contribution is 6.37. The molecule has 4 heterocycles. The standard InChI is InChI=1S/C43H56N4O12/c1-21-12-11-13-22(2)42(55)45-33-28(20-44-47-17-15-46(9)16-18-47)37(52)30-31(38(33)53)36(51)26(6)40-32(30)41(54)43(8,59-40)57-19-14-29(56-10)23(3)39(58-27(7)48)25(5)35(50)24(4)34(21)49/h11-14,19-21,23-25,29,34-35,39,49-51H,15-18H2,1-10H3,(H,45,55)/b12-11+,19-14+,22-13+,44-20+. The number of aromatic hydroxyl groups is 1. The normalized spacial score (nSPS) is 33.3. The minimum atomic E-state index is -2.09. The third-order valence-electron chi connectivity index (χ3n) is 11.8. The lowest BCUT2D eigenvalue weighted by Crippen LogP contribution is -2.46. The van der Waals surface area contributed by atoms with E-state index in [-0.39, 0.29) is 28.0 Å². The minimum absolute atomic E-state index is 0.0118. The van der Waals surface area contributed by atoms with Crippen LogP contribution < -0.4 is 10.1 Å². The third kappa shape index (κ3) is 8.91. The fourth-order valence-electron chi connectivity index (χ4n) is 7.89. The number of amides is 1. The number of rotatable bonds is 4. The maximum absolute atomic E-state index is 14.6. The zero-order valence-corrected chi connectivity index (χ0v) is 35.3. The molecule has 5 bridgehead atoms. The van der Waals surface area contributed by atoms with E-state index in [1.807, 2.05) is 7.05 Å². The highest BCUT2D eigenvalue weighted by Gasteiger charge is 2.52. The van der Waals surface area contributed by atoms with Crippen LogP contribution >= 0.6 is 0 Å². The van der Waals surface area contributed by atoms with Crippen molar-refractivity contribution in [2.75, 3.05) is 40.3 Å². The van der Waals surface area contributed by atoms with Crippen LogP contribution in [0, 0.1) is 30.6 Å². The van der Waals surface area contributed by atoms with Gasteiger partial charge in [0.15, 0.2) is 5.78 Å². The number of nitrogens with zero attached hydrogens (tertiary/aromatic N) is 3. The minimum Gasteiger partial charge on any atom is -0.507 e. The topological polar surface area (TPSA) is 214 Å². The van der Waals surface area contributed by atoms with Crippen LogP contribution in [0.1, 0.15) is 85.1 Å². The molecule has 16 heteroatoms. The summed E-state index contributed by atoms with van der Waals surface area (Å²) in [6, 6.07) is 0. The Bertz CT molecular complexity index is 2030. The molecule has 4 N–H and O–H groups in total. The van der Waals surface area contributed by atoms with E-state index in [0.29, 0.717) is 26.2 Å². The van der Waals surface area contributed by atoms with Gasteiger partial charge in [-0.3, -0.25) is 29.0 Å². The number of carbonyl (C=O) groups excluding carboxylic acids is 5. The van der Waals surface area contributed by atoms with E-state index in [0.717, 1.165) is 0 Å². The van der Waals surface area contributed by atoms with Crippen LogP contribution in [-0.4, -0.2) is 131 Å². The zero-order chi connectivity index (χ0) is 43.7. The molecule has 1 aromatic rings. The zero-order valence-electron chi connectivity index (χ0n) is 35.3. The molecular weight excluding hydrogens is 764 g/mol. The number of hydrazone groups is 1. The van der Waals surface area contributed by atoms with Crippen molar-refractivity contribution in [3.05, 3.63) is 69.7 Å². The van der Waals surface area contributed by atoms with Gasteiger partial charge in [-0.1, -0.05) is 45.9 Å². The number of hydrogen-bond acceptors (Lipinski definition) is 15. The molecule has 4 aliphatic heterocycles. The molecule has 1 amide bonds. The number of allylic oxidation sites excluding steroid dienone is 4. The van der Waals surface area contributed by atoms with Gasteiger partial charge in [0.2, 0.25) is 5.78 Å². The molecule has 16 nitrogen and oxygen atoms in total. The van der Waals surface area contributed by atoms with Gasteiger partial charge in [0, 0.05) is 81.9 Å². The van der Waals surface area contributed by atoms with E-state index in [9.17, 15) is 39.3 Å². The molecule has 320 valence electrons. The number of nitrogens with one attached hydrogen (secondary N) is 1. The number of piperazine rings is 1. The van der Waals surface area contributed by atoms with Gasteiger partial charge in [-0.15, -0.1) is 0 Å². The number of hydrogen-bond donors (Lipinski definition) is 4. The summed E-state index contributed by atoms with van der Waals surface area (Å²) < 4.78 is 23.5. The van der Waals surface area contributed by atoms with Gasteiger partial charge in [0.1, 0.15) is 23.3 Å². The number of Topliss-reactive ketones (excluding diaryl/α,β-unsaturated/α-hetero) is 3. The van der Waals surface area contributed by atoms with Crippen LogP contribution in [0.2, 0.25) is 0 Å². The quantitative estimate of drug-likeness (QED) is 0.254. The molecule has 1 saturated heterocycles. The number of phenols is 1. The number of benzene rings is 1. The Morgan fingerprint density at radius 3 is 2.24 bits per heavy atom. The third-order valence-corrected chi connectivity index (χ3v) is 11.8. The summed E-state index contributed by atoms with van der Waals surface area (Å²) in [4.78, 5) is 71.6. The van der Waals surface area contributed by atoms with E-state index < -0.39 is 106 Å². The lowest BCUT2D eigenvalue weighted by atomic mass is 9.78. The SMILES string of the molecule is COC1/C=C/OC2(C)Oc3c(C)c(O)c4c(c3C2=O)C(=O)C(/C=N/N2CCN(C)CC2)=C(NC(=O)/C(C)=C/C=C/C(C)C(O)C(C)C(O)C(C)C(OC(C)=O)C1C)C4=O. The van der Waals surface area contributed by atoms with Gasteiger partial charge < -0.3 is 44.5 Å². The first-order valence-corrected chi connectivity index (χ1v) is 19.7. The second-order valence-electron chi connectivity index (χ2n) is 16.1. The molecule has 5 aliphatic rings. The summed E-state index contributed by atoms with van der Waals surface area (Å²) in [6.45, 7) is 14.8. The first-order chi connectivity index (χ1) is 27.7. The summed E-state index contributed by atoms with van der Waals surface area (Å²) in [5, 5.41) is 43.1. The van der Waals surface area contributed by atoms with Crippen LogP contribution in [0.5, 0.6) is 11.5 Å². The first-order valence-electron chi connectivity index (χ1n) is 19.7. The number of ketones is 3. The molecule has 0 saturated carbocycles. The molecule has 6 rings (SSSR count). The Morgan fingerprint density at radius 2 is 1.61 bits per heavy atom. The number of methoxy groups -OCH3 is 1. The highest BCUT2D eigenvalue weighted by atomic mass is 16.7. The fraction of sp³-hybridized carbons (Fsp3) is 0.535. The van der Waals surface area contributed by atoms with Crippen molar-refractivity contribution >= 4 is 35.4 Å². The van der Waals surface area contributed by atoms with Gasteiger partial charge in [0.05, 0.1) is 53.1 Å². The lowest BCUT2D eigenvalue weighted by molar-refractivity contribution is -0.160. The number of likely N-dealkylation sites (N-methyl/N-ethyl adjacent to an activating group) is 1. The van der Waals surface area contributed by atoms with Gasteiger partial charge in [0.25, 0.3) is 11.7 Å². The predicted molar refractivity (Wildman–Crippen MR) is 216 cm³/mol. The van der Waals surface area contributed by atoms with Crippen molar-refractivity contribution in [2.45, 2.75) is 85.6 Å². The number of aliphatic hydroxyl groups excluding tert-OH is 2. The van der Waals surface area contributed by atoms with E-state index in [2.05, 4.69) is 15.3 Å². The average molecular weight is 821 g/mol. The number of fused-ring (bicyclic) bond motifs is 14. The number of phenolic OH excluding ortho intramolecular Hbond substituents is 1. The first kappa shape index (κ1) is 44.9. The monoisotopic (exact) mass is 820 g/mol.